The second-order valence-electron chi connectivity index (χ2n) is 11.6. The van der Waals surface area contributed by atoms with Gasteiger partial charge in [0.05, 0.1) is 36.9 Å². The van der Waals surface area contributed by atoms with Gasteiger partial charge in [0.15, 0.2) is 0 Å². The summed E-state index contributed by atoms with van der Waals surface area (Å²) in [6.45, 7) is 3.27. The lowest BCUT2D eigenvalue weighted by Crippen LogP contribution is -2.34. The average molecular weight is 847 g/mol. The topological polar surface area (TPSA) is 310 Å². The molecule has 0 saturated carbocycles. The van der Waals surface area contributed by atoms with E-state index in [1.165, 1.54) is 0 Å². The van der Waals surface area contributed by atoms with E-state index >= 15 is 0 Å². The van der Waals surface area contributed by atoms with Crippen molar-refractivity contribution in [3.05, 3.63) is 85.2 Å². The van der Waals surface area contributed by atoms with Gasteiger partial charge < -0.3 is 59.0 Å². The summed E-state index contributed by atoms with van der Waals surface area (Å²) in [5.74, 6) is -9.67. The van der Waals surface area contributed by atoms with Crippen LogP contribution < -0.4 is 9.47 Å². The van der Waals surface area contributed by atoms with Gasteiger partial charge in [0.1, 0.15) is 22.2 Å². The monoisotopic (exact) mass is 846 g/mol. The van der Waals surface area contributed by atoms with Gasteiger partial charge in [-0.2, -0.15) is 0 Å². The van der Waals surface area contributed by atoms with Crippen LogP contribution in [0.1, 0.15) is 24.0 Å². The first kappa shape index (κ1) is 47.1. The number of pyridine rings is 2. The van der Waals surface area contributed by atoms with Gasteiger partial charge >= 0.3 is 35.8 Å². The molecule has 6 heterocycles. The summed E-state index contributed by atoms with van der Waals surface area (Å²) in [7, 11) is 4.00. The quantitative estimate of drug-likeness (QED) is 0.116. The van der Waals surface area contributed by atoms with Crippen molar-refractivity contribution in [1.29, 1.82) is 0 Å². The fourth-order valence-electron chi connectivity index (χ4n) is 4.60. The highest BCUT2D eigenvalue weighted by Gasteiger charge is 2.26. The minimum Gasteiger partial charge on any atom is -0.473 e. The first-order valence-corrected chi connectivity index (χ1v) is 17.3. The maximum absolute atomic E-state index is 9.10. The minimum atomic E-state index is -1.82. The van der Waals surface area contributed by atoms with Crippen LogP contribution in [0.25, 0.3) is 0 Å². The molecule has 2 aliphatic heterocycles. The van der Waals surface area contributed by atoms with E-state index in [-0.39, 0.29) is 12.2 Å². The van der Waals surface area contributed by atoms with E-state index in [0.29, 0.717) is 11.8 Å². The summed E-state index contributed by atoms with van der Waals surface area (Å²) in [6, 6.07) is 7.68. The Bertz CT molecular complexity index is 1830. The van der Waals surface area contributed by atoms with E-state index in [1.54, 1.807) is 24.8 Å². The number of fused-ring (bicyclic) bond motifs is 2. The normalized spacial score (nSPS) is 14.9. The van der Waals surface area contributed by atoms with Crippen LogP contribution in [0.2, 0.25) is 0 Å². The van der Waals surface area contributed by atoms with Crippen LogP contribution in [0.5, 0.6) is 11.8 Å². The van der Waals surface area contributed by atoms with Gasteiger partial charge in [-0.15, -0.1) is 0 Å². The lowest BCUT2D eigenvalue weighted by Gasteiger charge is -2.21. The van der Waals surface area contributed by atoms with E-state index in [9.17, 15) is 0 Å². The molecule has 0 aliphatic carbocycles. The third kappa shape index (κ3) is 16.3. The largest absolute Gasteiger partial charge is 0.473 e. The summed E-state index contributed by atoms with van der Waals surface area (Å²) < 4.78 is 16.1. The van der Waals surface area contributed by atoms with Gasteiger partial charge in [-0.25, -0.2) is 48.7 Å². The first-order chi connectivity index (χ1) is 27.4. The minimum absolute atomic E-state index is 0.0662. The van der Waals surface area contributed by atoms with Crippen molar-refractivity contribution in [3.8, 4) is 11.8 Å². The molecule has 310 valence electrons. The molecule has 0 amide bonds. The number of hydrogen-bond donors (Lipinski definition) is 6. The van der Waals surface area contributed by atoms with Gasteiger partial charge in [0.25, 0.3) is 0 Å². The van der Waals surface area contributed by atoms with Crippen LogP contribution in [0.3, 0.4) is 0 Å². The Balaban J connectivity index is 0.000000284. The molecule has 0 bridgehead atoms. The van der Waals surface area contributed by atoms with Crippen molar-refractivity contribution in [2.75, 3.05) is 27.2 Å². The molecular weight excluding hydrogens is 809 g/mol. The van der Waals surface area contributed by atoms with E-state index in [1.807, 2.05) is 72.5 Å². The highest BCUT2D eigenvalue weighted by Crippen LogP contribution is 2.24. The number of nitrogens with zero attached hydrogens (tertiary/aromatic N) is 8. The van der Waals surface area contributed by atoms with Crippen LogP contribution in [-0.4, -0.2) is 155 Å². The molecule has 4 aromatic rings. The van der Waals surface area contributed by atoms with Gasteiger partial charge in [-0.1, -0.05) is 24.4 Å². The predicted octanol–water partition coefficient (Wildman–Crippen LogP) is 0.940. The fraction of sp³-hybridized carbons (Fsp3) is 0.294. The molecule has 6 N–H and O–H groups in total. The van der Waals surface area contributed by atoms with E-state index in [4.69, 9.17) is 93.3 Å². The Labute approximate surface area is 339 Å². The maximum Gasteiger partial charge on any atom is 0.414 e. The average Bonchev–Trinajstić information content (AvgIpc) is 3.88. The molecular formula is C34H38N8O14S2. The lowest BCUT2D eigenvalue weighted by molar-refractivity contribution is -0.159. The zero-order valence-electron chi connectivity index (χ0n) is 30.7. The third-order valence-corrected chi connectivity index (χ3v) is 8.36. The summed E-state index contributed by atoms with van der Waals surface area (Å²) in [6.07, 6.45) is 16.5. The number of carboxylic acid groups (broad SMARTS) is 6. The second kappa shape index (κ2) is 23.8. The van der Waals surface area contributed by atoms with Crippen molar-refractivity contribution < 1.29 is 68.9 Å². The van der Waals surface area contributed by atoms with Crippen LogP contribution in [-0.2, 0) is 41.9 Å². The van der Waals surface area contributed by atoms with Crippen molar-refractivity contribution >= 4 is 70.2 Å². The number of carbonyl (C=O) groups is 6. The van der Waals surface area contributed by atoms with Crippen LogP contribution in [0, 0.1) is 0 Å². The maximum atomic E-state index is 9.10. The Morgan fingerprint density at radius 1 is 0.603 bits per heavy atom. The van der Waals surface area contributed by atoms with Crippen molar-refractivity contribution in [1.82, 2.24) is 38.9 Å². The number of aryl methyl sites for hydroxylation is 2. The fourth-order valence-corrected chi connectivity index (χ4v) is 5.06. The van der Waals surface area contributed by atoms with E-state index in [2.05, 4.69) is 29.7 Å². The second-order valence-corrected chi connectivity index (χ2v) is 12.3. The third-order valence-electron chi connectivity index (χ3n) is 7.29. The molecule has 58 heavy (non-hydrogen) atoms. The van der Waals surface area contributed by atoms with E-state index in [0.717, 1.165) is 60.1 Å². The molecule has 6 rings (SSSR count). The van der Waals surface area contributed by atoms with Gasteiger partial charge in [0.2, 0.25) is 11.8 Å². The number of carboxylic acids is 6. The van der Waals surface area contributed by atoms with E-state index < -0.39 is 35.8 Å². The number of thiocarbonyl (C=S) groups is 2. The number of ether oxygens (including phenoxy) is 2. The standard InChI is InChI=1S/2C14H16N4OS.3C2H2O4/c2*1-17-9-11(4-7-18-8-6-15-10-18)19-13-12(14(17)20)3-2-5-16-13;3*3-1(4)2(5)6/h2*2-3,5-6,8,10-11H,4,7,9H2,1H3;3*(H,3,4)(H,5,6). The Morgan fingerprint density at radius 3 is 1.21 bits per heavy atom. The Morgan fingerprint density at radius 2 is 0.931 bits per heavy atom. The lowest BCUT2D eigenvalue weighted by atomic mass is 10.2. The highest BCUT2D eigenvalue weighted by atomic mass is 32.1. The molecule has 2 unspecified atom stereocenters. The number of aliphatic carboxylic acids is 6. The zero-order valence-corrected chi connectivity index (χ0v) is 32.3. The summed E-state index contributed by atoms with van der Waals surface area (Å²) in [5, 5.41) is 44.3. The van der Waals surface area contributed by atoms with Crippen molar-refractivity contribution in [2.24, 2.45) is 0 Å². The Kier molecular flexibility index (Phi) is 19.3. The number of hydrogen-bond acceptors (Lipinski definition) is 14. The van der Waals surface area contributed by atoms with Crippen LogP contribution >= 0.6 is 24.4 Å². The van der Waals surface area contributed by atoms with Gasteiger partial charge in [0, 0.05) is 77.2 Å². The molecule has 22 nitrogen and oxygen atoms in total. The molecule has 0 spiro atoms. The smallest absolute Gasteiger partial charge is 0.414 e. The molecule has 0 saturated heterocycles. The SMILES string of the molecule is CN1CC(CCn2ccnc2)Oc2ncccc2C1=S.CN1CC(CCn2ccnc2)Oc2ncccc2C1=S.O=C(O)C(=O)O.O=C(O)C(=O)O.O=C(O)C(=O)O. The molecule has 0 radical (unpaired) electrons. The summed E-state index contributed by atoms with van der Waals surface area (Å²) in [4.78, 5) is 77.0. The van der Waals surface area contributed by atoms with Crippen LogP contribution in [0.15, 0.2) is 74.1 Å². The number of aromatic nitrogens is 6. The van der Waals surface area contributed by atoms with Crippen LogP contribution in [0.4, 0.5) is 0 Å². The first-order valence-electron chi connectivity index (χ1n) is 16.5. The summed E-state index contributed by atoms with van der Waals surface area (Å²) >= 11 is 11.0. The Hall–Kier alpha value is -7.08. The van der Waals surface area contributed by atoms with Crippen molar-refractivity contribution in [2.45, 2.75) is 38.1 Å². The van der Waals surface area contributed by atoms with Gasteiger partial charge in [-0.05, 0) is 24.3 Å². The zero-order chi connectivity index (χ0) is 43.4. The molecule has 0 fully saturated rings. The number of rotatable bonds is 6. The molecule has 4 aromatic heterocycles. The number of imidazole rings is 2. The number of likely N-dealkylation sites (N-methyl/N-ethyl adjacent to an activating group) is 2. The molecule has 24 heteroatoms. The summed E-state index contributed by atoms with van der Waals surface area (Å²) in [5.41, 5.74) is 1.80. The molecule has 2 atom stereocenters. The highest BCUT2D eigenvalue weighted by molar-refractivity contribution is 7.81. The van der Waals surface area contributed by atoms with Crippen molar-refractivity contribution in [3.63, 3.8) is 0 Å². The predicted molar refractivity (Wildman–Crippen MR) is 205 cm³/mol. The molecule has 2 aliphatic rings. The van der Waals surface area contributed by atoms with Gasteiger partial charge in [-0.3, -0.25) is 0 Å². The molecule has 0 aromatic carbocycles.